The van der Waals surface area contributed by atoms with Crippen molar-refractivity contribution in [2.24, 2.45) is 0 Å². The minimum atomic E-state index is -0.388. The molecular formula is C8H15NO2. The second-order valence-corrected chi connectivity index (χ2v) is 3.16. The molecule has 0 saturated carbocycles. The van der Waals surface area contributed by atoms with Gasteiger partial charge in [-0.2, -0.15) is 0 Å². The first-order chi connectivity index (χ1) is 5.13. The summed E-state index contributed by atoms with van der Waals surface area (Å²) in [5.74, 6) is 0.0772. The average molecular weight is 157 g/mol. The molecule has 0 bridgehead atoms. The Labute approximate surface area is 67.0 Å². The van der Waals surface area contributed by atoms with Gasteiger partial charge in [0, 0.05) is 13.5 Å². The Morgan fingerprint density at radius 3 is 2.73 bits per heavy atom. The third-order valence-corrected chi connectivity index (χ3v) is 2.26. The van der Waals surface area contributed by atoms with Gasteiger partial charge in [0.15, 0.2) is 0 Å². The first-order valence-electron chi connectivity index (χ1n) is 4.08. The van der Waals surface area contributed by atoms with E-state index in [1.807, 2.05) is 0 Å². The first kappa shape index (κ1) is 8.53. The molecule has 1 heterocycles. The molecule has 3 heteroatoms. The highest BCUT2D eigenvalue weighted by Gasteiger charge is 2.29. The topological polar surface area (TPSA) is 40.5 Å². The second-order valence-electron chi connectivity index (χ2n) is 3.16. The molecular weight excluding hydrogens is 142 g/mol. The molecule has 1 rings (SSSR count). The number of carbonyl (C=O) groups excluding carboxylic acids is 1. The van der Waals surface area contributed by atoms with Crippen LogP contribution in [0, 0.1) is 0 Å². The van der Waals surface area contributed by atoms with Crippen LogP contribution in [0.1, 0.15) is 26.7 Å². The van der Waals surface area contributed by atoms with Crippen LogP contribution in [0.3, 0.4) is 0 Å². The summed E-state index contributed by atoms with van der Waals surface area (Å²) in [5, 5.41) is 9.28. The van der Waals surface area contributed by atoms with Crippen molar-refractivity contribution >= 4 is 5.91 Å². The van der Waals surface area contributed by atoms with Crippen molar-refractivity contribution in [1.29, 1.82) is 0 Å². The van der Waals surface area contributed by atoms with Crippen molar-refractivity contribution in [2.45, 2.75) is 38.8 Å². The van der Waals surface area contributed by atoms with Crippen LogP contribution in [-0.2, 0) is 4.79 Å². The zero-order chi connectivity index (χ0) is 8.43. The standard InChI is InChI=1S/C8H15NO2/c1-6(10)8-4-3-5-9(8)7(2)11/h6,8,10H,3-5H2,1-2H3. The quantitative estimate of drug-likeness (QED) is 0.597. The van der Waals surface area contributed by atoms with Gasteiger partial charge >= 0.3 is 0 Å². The molecule has 11 heavy (non-hydrogen) atoms. The van der Waals surface area contributed by atoms with Gasteiger partial charge in [-0.25, -0.2) is 0 Å². The maximum atomic E-state index is 11.0. The predicted octanol–water partition coefficient (Wildman–Crippen LogP) is 0.378. The highest BCUT2D eigenvalue weighted by atomic mass is 16.3. The monoisotopic (exact) mass is 157 g/mol. The van der Waals surface area contributed by atoms with Gasteiger partial charge in [-0.05, 0) is 19.8 Å². The molecule has 0 spiro atoms. The fourth-order valence-electron chi connectivity index (χ4n) is 1.69. The average Bonchev–Trinajstić information content (AvgIpc) is 2.32. The molecule has 2 unspecified atom stereocenters. The van der Waals surface area contributed by atoms with Gasteiger partial charge in [0.2, 0.25) is 5.91 Å². The lowest BCUT2D eigenvalue weighted by molar-refractivity contribution is -0.131. The summed E-state index contributed by atoms with van der Waals surface area (Å²) >= 11 is 0. The minimum Gasteiger partial charge on any atom is -0.391 e. The fourth-order valence-corrected chi connectivity index (χ4v) is 1.69. The third kappa shape index (κ3) is 1.71. The van der Waals surface area contributed by atoms with Crippen LogP contribution in [0.15, 0.2) is 0 Å². The molecule has 1 fully saturated rings. The number of hydrogen-bond donors (Lipinski definition) is 1. The maximum Gasteiger partial charge on any atom is 0.219 e. The van der Waals surface area contributed by atoms with E-state index in [4.69, 9.17) is 0 Å². The van der Waals surface area contributed by atoms with Gasteiger partial charge in [-0.1, -0.05) is 0 Å². The molecule has 1 N–H and O–H groups in total. The van der Waals surface area contributed by atoms with Gasteiger partial charge < -0.3 is 10.0 Å². The van der Waals surface area contributed by atoms with Crippen molar-refractivity contribution in [3.8, 4) is 0 Å². The zero-order valence-electron chi connectivity index (χ0n) is 7.08. The zero-order valence-corrected chi connectivity index (χ0v) is 7.08. The Balaban J connectivity index is 2.58. The number of aliphatic hydroxyl groups excluding tert-OH is 1. The van der Waals surface area contributed by atoms with Gasteiger partial charge in [-0.15, -0.1) is 0 Å². The summed E-state index contributed by atoms with van der Waals surface area (Å²) in [7, 11) is 0. The first-order valence-corrected chi connectivity index (χ1v) is 4.08. The van der Waals surface area contributed by atoms with Crippen molar-refractivity contribution in [3.63, 3.8) is 0 Å². The van der Waals surface area contributed by atoms with E-state index in [1.165, 1.54) is 0 Å². The Morgan fingerprint density at radius 1 is 1.73 bits per heavy atom. The predicted molar refractivity (Wildman–Crippen MR) is 42.1 cm³/mol. The fraction of sp³-hybridized carbons (Fsp3) is 0.875. The molecule has 1 aliphatic rings. The summed E-state index contributed by atoms with van der Waals surface area (Å²) in [4.78, 5) is 12.7. The molecule has 0 aromatic rings. The molecule has 2 atom stereocenters. The van der Waals surface area contributed by atoms with Crippen LogP contribution in [-0.4, -0.2) is 34.6 Å². The van der Waals surface area contributed by atoms with Crippen LogP contribution in [0.2, 0.25) is 0 Å². The Bertz CT molecular complexity index is 156. The summed E-state index contributed by atoms with van der Waals surface area (Å²) in [5.41, 5.74) is 0. The number of carbonyl (C=O) groups is 1. The summed E-state index contributed by atoms with van der Waals surface area (Å²) in [6.07, 6.45) is 1.58. The van der Waals surface area contributed by atoms with E-state index in [1.54, 1.807) is 18.7 Å². The summed E-state index contributed by atoms with van der Waals surface area (Å²) < 4.78 is 0. The lowest BCUT2D eigenvalue weighted by Crippen LogP contribution is -2.40. The molecule has 0 aliphatic carbocycles. The van der Waals surface area contributed by atoms with E-state index in [9.17, 15) is 9.90 Å². The molecule has 64 valence electrons. The van der Waals surface area contributed by atoms with Crippen LogP contribution in [0.5, 0.6) is 0 Å². The number of rotatable bonds is 1. The number of amides is 1. The van der Waals surface area contributed by atoms with E-state index >= 15 is 0 Å². The van der Waals surface area contributed by atoms with Gasteiger partial charge in [-0.3, -0.25) is 4.79 Å². The maximum absolute atomic E-state index is 11.0. The van der Waals surface area contributed by atoms with E-state index in [0.717, 1.165) is 19.4 Å². The van der Waals surface area contributed by atoms with Crippen molar-refractivity contribution < 1.29 is 9.90 Å². The summed E-state index contributed by atoms with van der Waals surface area (Å²) in [6.45, 7) is 4.11. The van der Waals surface area contributed by atoms with Crippen LogP contribution < -0.4 is 0 Å². The number of aliphatic hydroxyl groups is 1. The molecule has 3 nitrogen and oxygen atoms in total. The van der Waals surface area contributed by atoms with Crippen LogP contribution in [0.4, 0.5) is 0 Å². The highest BCUT2D eigenvalue weighted by molar-refractivity contribution is 5.73. The van der Waals surface area contributed by atoms with Crippen molar-refractivity contribution in [3.05, 3.63) is 0 Å². The van der Waals surface area contributed by atoms with E-state index in [2.05, 4.69) is 0 Å². The van der Waals surface area contributed by atoms with Gasteiger partial charge in [0.1, 0.15) is 0 Å². The summed E-state index contributed by atoms with van der Waals surface area (Å²) in [6, 6.07) is 0.0625. The molecule has 1 aliphatic heterocycles. The largest absolute Gasteiger partial charge is 0.391 e. The second kappa shape index (κ2) is 3.22. The normalized spacial score (nSPS) is 27.2. The van der Waals surface area contributed by atoms with E-state index < -0.39 is 0 Å². The van der Waals surface area contributed by atoms with E-state index in [-0.39, 0.29) is 18.1 Å². The number of likely N-dealkylation sites (tertiary alicyclic amines) is 1. The molecule has 0 aromatic heterocycles. The highest BCUT2D eigenvalue weighted by Crippen LogP contribution is 2.19. The number of hydrogen-bond acceptors (Lipinski definition) is 2. The lowest BCUT2D eigenvalue weighted by atomic mass is 10.1. The Morgan fingerprint density at radius 2 is 2.36 bits per heavy atom. The molecule has 0 aromatic carbocycles. The van der Waals surface area contributed by atoms with E-state index in [0.29, 0.717) is 0 Å². The number of nitrogens with zero attached hydrogens (tertiary/aromatic N) is 1. The smallest absolute Gasteiger partial charge is 0.219 e. The minimum absolute atomic E-state index is 0.0625. The van der Waals surface area contributed by atoms with Crippen LogP contribution in [0.25, 0.3) is 0 Å². The van der Waals surface area contributed by atoms with Gasteiger partial charge in [0.05, 0.1) is 12.1 Å². The lowest BCUT2D eigenvalue weighted by Gasteiger charge is -2.25. The van der Waals surface area contributed by atoms with Crippen molar-refractivity contribution in [1.82, 2.24) is 4.90 Å². The SMILES string of the molecule is CC(=O)N1CCCC1C(C)O. The molecule has 1 saturated heterocycles. The van der Waals surface area contributed by atoms with Crippen LogP contribution >= 0.6 is 0 Å². The Kier molecular flexibility index (Phi) is 2.49. The van der Waals surface area contributed by atoms with Crippen molar-refractivity contribution in [2.75, 3.05) is 6.54 Å². The molecule has 1 amide bonds. The molecule has 0 radical (unpaired) electrons. The third-order valence-electron chi connectivity index (χ3n) is 2.26. The van der Waals surface area contributed by atoms with Gasteiger partial charge in [0.25, 0.3) is 0 Å². The Hall–Kier alpha value is -0.570.